The maximum Gasteiger partial charge on any atom is 0.303 e. The molecule has 0 aromatic heterocycles. The fourth-order valence-corrected chi connectivity index (χ4v) is 11.4. The van der Waals surface area contributed by atoms with Crippen LogP contribution in [0.2, 0.25) is 0 Å². The van der Waals surface area contributed by atoms with Crippen molar-refractivity contribution in [3.63, 3.8) is 0 Å². The monoisotopic (exact) mass is 763 g/mol. The minimum absolute atomic E-state index is 0.0766. The van der Waals surface area contributed by atoms with Gasteiger partial charge in [0.25, 0.3) is 0 Å². The van der Waals surface area contributed by atoms with Crippen LogP contribution in [0.5, 0.6) is 0 Å². The molecule has 0 aliphatic heterocycles. The van der Waals surface area contributed by atoms with Gasteiger partial charge in [0, 0.05) is 6.42 Å². The maximum atomic E-state index is 10.3. The molecule has 3 saturated carbocycles. The summed E-state index contributed by atoms with van der Waals surface area (Å²) in [5.74, 6) is 4.80. The third-order valence-corrected chi connectivity index (χ3v) is 14.7. The predicted molar refractivity (Wildman–Crippen MR) is 226 cm³/mol. The van der Waals surface area contributed by atoms with Crippen LogP contribution in [0.4, 0.5) is 0 Å². The molecule has 0 aromatic carbocycles. The van der Waals surface area contributed by atoms with Crippen molar-refractivity contribution in [1.29, 1.82) is 0 Å². The Balaban J connectivity index is 0.000000340. The van der Waals surface area contributed by atoms with Crippen molar-refractivity contribution < 1.29 is 30.3 Å². The van der Waals surface area contributed by atoms with E-state index in [0.717, 1.165) is 61.2 Å². The van der Waals surface area contributed by atoms with Crippen molar-refractivity contribution in [1.82, 2.24) is 0 Å². The van der Waals surface area contributed by atoms with Crippen LogP contribution in [-0.2, 0) is 4.79 Å². The molecule has 0 amide bonds. The zero-order chi connectivity index (χ0) is 40.0. The highest BCUT2D eigenvalue weighted by molar-refractivity contribution is 5.66. The van der Waals surface area contributed by atoms with Crippen LogP contribution in [0.3, 0.4) is 0 Å². The Morgan fingerprint density at radius 3 is 1.80 bits per heavy atom. The van der Waals surface area contributed by atoms with Crippen molar-refractivity contribution in [3.8, 4) is 0 Å². The topological polar surface area (TPSA) is 118 Å². The number of hydrogen-bond donors (Lipinski definition) is 5. The molecular weight excluding hydrogens is 673 g/mol. The molecule has 0 bridgehead atoms. The second-order valence-electron chi connectivity index (χ2n) is 19.3. The molecule has 6 heteroatoms. The number of carboxylic acids is 1. The van der Waals surface area contributed by atoms with Crippen LogP contribution in [0.1, 0.15) is 215 Å². The molecule has 4 aliphatic rings. The zero-order valence-corrected chi connectivity index (χ0v) is 36.3. The first-order valence-electron chi connectivity index (χ1n) is 23.3. The molecule has 8 atom stereocenters. The number of aliphatic hydroxyl groups excluding tert-OH is 4. The summed E-state index contributed by atoms with van der Waals surface area (Å²) >= 11 is 0. The minimum Gasteiger partial charge on any atom is -0.481 e. The van der Waals surface area contributed by atoms with Crippen LogP contribution in [-0.4, -0.2) is 56.9 Å². The van der Waals surface area contributed by atoms with Crippen molar-refractivity contribution in [2.45, 2.75) is 227 Å². The molecule has 54 heavy (non-hydrogen) atoms. The van der Waals surface area contributed by atoms with Gasteiger partial charge < -0.3 is 25.5 Å². The van der Waals surface area contributed by atoms with Crippen LogP contribution >= 0.6 is 0 Å². The summed E-state index contributed by atoms with van der Waals surface area (Å²) < 4.78 is 0. The lowest BCUT2D eigenvalue weighted by molar-refractivity contribution is -0.137. The van der Waals surface area contributed by atoms with E-state index in [-0.39, 0.29) is 19.3 Å². The Morgan fingerprint density at radius 2 is 1.30 bits per heavy atom. The van der Waals surface area contributed by atoms with Gasteiger partial charge in [0.2, 0.25) is 0 Å². The minimum atomic E-state index is -0.954. The van der Waals surface area contributed by atoms with Crippen molar-refractivity contribution in [3.05, 3.63) is 11.6 Å². The summed E-state index contributed by atoms with van der Waals surface area (Å²) in [5, 5.41) is 42.7. The molecule has 0 spiro atoms. The largest absolute Gasteiger partial charge is 0.481 e. The SMILES string of the molecule is CC(C)CCC[C@@H](C)[C@H]1CC[C@H]2[C@@H]3CC=C4C[C@@H](O)CC[C@]4(C)[C@H]3CC[C@]12C.CCCCCCCCCCCCCCCCCC(=O)O.OCC(O)CO. The Hall–Kier alpha value is -0.950. The molecule has 5 N–H and O–H groups in total. The van der Waals surface area contributed by atoms with Gasteiger partial charge in [-0.05, 0) is 104 Å². The van der Waals surface area contributed by atoms with Gasteiger partial charge in [0.05, 0.1) is 19.3 Å². The first-order chi connectivity index (χ1) is 25.8. The number of fused-ring (bicyclic) bond motifs is 5. The average Bonchev–Trinajstić information content (AvgIpc) is 3.50. The lowest BCUT2D eigenvalue weighted by Gasteiger charge is -2.58. The van der Waals surface area contributed by atoms with Crippen molar-refractivity contribution in [2.75, 3.05) is 13.2 Å². The molecular formula is C48H90O6. The van der Waals surface area contributed by atoms with Crippen molar-refractivity contribution in [2.24, 2.45) is 46.3 Å². The molecule has 6 nitrogen and oxygen atoms in total. The van der Waals surface area contributed by atoms with E-state index >= 15 is 0 Å². The van der Waals surface area contributed by atoms with Gasteiger partial charge >= 0.3 is 5.97 Å². The third-order valence-electron chi connectivity index (χ3n) is 14.7. The molecule has 3 fully saturated rings. The number of carboxylic acid groups (broad SMARTS) is 1. The number of carbonyl (C=O) groups is 1. The first-order valence-corrected chi connectivity index (χ1v) is 23.3. The van der Waals surface area contributed by atoms with Crippen LogP contribution in [0.25, 0.3) is 0 Å². The van der Waals surface area contributed by atoms with E-state index in [4.69, 9.17) is 20.4 Å². The summed E-state index contributed by atoms with van der Waals surface area (Å²) in [4.78, 5) is 10.3. The lowest BCUT2D eigenvalue weighted by Crippen LogP contribution is -2.50. The fourth-order valence-electron chi connectivity index (χ4n) is 11.4. The van der Waals surface area contributed by atoms with Gasteiger partial charge in [-0.3, -0.25) is 4.79 Å². The normalized spacial score (nSPS) is 29.3. The maximum absolute atomic E-state index is 10.3. The number of hydrogen-bond acceptors (Lipinski definition) is 5. The van der Waals surface area contributed by atoms with E-state index in [1.165, 1.54) is 141 Å². The van der Waals surface area contributed by atoms with E-state index in [9.17, 15) is 9.90 Å². The summed E-state index contributed by atoms with van der Waals surface area (Å²) in [6.45, 7) is 14.1. The molecule has 0 unspecified atom stereocenters. The second kappa shape index (κ2) is 26.9. The van der Waals surface area contributed by atoms with Crippen molar-refractivity contribution >= 4 is 5.97 Å². The van der Waals surface area contributed by atoms with E-state index in [1.807, 2.05) is 0 Å². The Morgan fingerprint density at radius 1 is 0.741 bits per heavy atom. The van der Waals surface area contributed by atoms with Gasteiger partial charge in [0.15, 0.2) is 0 Å². The summed E-state index contributed by atoms with van der Waals surface area (Å²) in [7, 11) is 0. The summed E-state index contributed by atoms with van der Waals surface area (Å²) in [5.41, 5.74) is 2.60. The fraction of sp³-hybridized carbons (Fsp3) is 0.938. The standard InChI is InChI=1S/C27H46O.C18H36O2.C3H8O3/c1-18(2)7-6-8-19(3)23-11-12-24-22-10-9-20-17-21(28)13-15-26(20,4)25(22)14-16-27(23,24)5;1-2-3-4-5-6-7-8-9-10-11-12-13-14-15-16-17-18(19)20;4-1-3(6)2-5/h9,18-19,21-25,28H,6-8,10-17H2,1-5H3;2-17H2,1H3,(H,19,20);3-6H,1-2H2/t19-,21+,22+,23-,24+,25+,26+,27-;;/m1../s1. The molecule has 0 radical (unpaired) electrons. The van der Waals surface area contributed by atoms with Crippen LogP contribution in [0, 0.1) is 46.3 Å². The smallest absolute Gasteiger partial charge is 0.303 e. The quantitative estimate of drug-likeness (QED) is 0.0522. The van der Waals surface area contributed by atoms with Crippen LogP contribution < -0.4 is 0 Å². The van der Waals surface area contributed by atoms with Gasteiger partial charge in [0.1, 0.15) is 6.10 Å². The molecule has 0 aromatic rings. The van der Waals surface area contributed by atoms with Gasteiger partial charge in [-0.1, -0.05) is 162 Å². The zero-order valence-electron chi connectivity index (χ0n) is 36.3. The van der Waals surface area contributed by atoms with E-state index in [2.05, 4.69) is 47.6 Å². The number of unbranched alkanes of at least 4 members (excludes halogenated alkanes) is 14. The molecule has 0 heterocycles. The van der Waals surface area contributed by atoms with E-state index in [0.29, 0.717) is 17.3 Å². The lowest BCUT2D eigenvalue weighted by atomic mass is 9.47. The van der Waals surface area contributed by atoms with Crippen LogP contribution in [0.15, 0.2) is 11.6 Å². The first kappa shape index (κ1) is 49.2. The number of rotatable bonds is 23. The summed E-state index contributed by atoms with van der Waals surface area (Å²) in [6, 6.07) is 0. The molecule has 4 aliphatic carbocycles. The Labute approximate surface area is 333 Å². The number of aliphatic hydroxyl groups is 4. The molecule has 318 valence electrons. The van der Waals surface area contributed by atoms with E-state index in [1.54, 1.807) is 5.57 Å². The van der Waals surface area contributed by atoms with Gasteiger partial charge in [-0.15, -0.1) is 0 Å². The highest BCUT2D eigenvalue weighted by Gasteiger charge is 2.59. The van der Waals surface area contributed by atoms with Gasteiger partial charge in [-0.25, -0.2) is 0 Å². The summed E-state index contributed by atoms with van der Waals surface area (Å²) in [6.07, 6.45) is 36.4. The Bertz CT molecular complexity index is 1010. The molecule has 0 saturated heterocycles. The predicted octanol–water partition coefficient (Wildman–Crippen LogP) is 12.1. The third kappa shape index (κ3) is 16.5. The number of allylic oxidation sites excluding steroid dienone is 1. The molecule has 4 rings (SSSR count). The Kier molecular flexibility index (Phi) is 24.5. The second-order valence-corrected chi connectivity index (χ2v) is 19.3. The highest BCUT2D eigenvalue weighted by Crippen LogP contribution is 2.67. The highest BCUT2D eigenvalue weighted by atomic mass is 16.4. The number of aliphatic carboxylic acids is 1. The van der Waals surface area contributed by atoms with Gasteiger partial charge in [-0.2, -0.15) is 0 Å². The average molecular weight is 763 g/mol. The van der Waals surface area contributed by atoms with E-state index < -0.39 is 12.1 Å².